The number of aliphatic hydroxyl groups is 2. The Balaban J connectivity index is -0.000000129. The van der Waals surface area contributed by atoms with Crippen molar-refractivity contribution in [2.24, 2.45) is 47.3 Å². The molecular formula is C100H173F3N8O34. The van der Waals surface area contributed by atoms with Gasteiger partial charge in [-0.1, -0.05) is 222 Å². The predicted octanol–water partition coefficient (Wildman–Crippen LogP) is 14.0. The molecule has 145 heavy (non-hydrogen) atoms. The van der Waals surface area contributed by atoms with Crippen molar-refractivity contribution in [1.29, 1.82) is 0 Å². The van der Waals surface area contributed by atoms with Crippen molar-refractivity contribution in [1.82, 2.24) is 42.1 Å². The summed E-state index contributed by atoms with van der Waals surface area (Å²) in [4.78, 5) is 195. The summed E-state index contributed by atoms with van der Waals surface area (Å²) in [6, 6.07) is 15.4. The van der Waals surface area contributed by atoms with Gasteiger partial charge < -0.3 is 108 Å². The van der Waals surface area contributed by atoms with Crippen LogP contribution in [0, 0.1) is 68.1 Å². The zero-order valence-corrected chi connectivity index (χ0v) is 79.5. The normalized spacial score (nSPS) is 13.5. The fourth-order valence-corrected chi connectivity index (χ4v) is 11.0. The van der Waals surface area contributed by atoms with Gasteiger partial charge in [-0.3, -0.25) is 71.9 Å². The van der Waals surface area contributed by atoms with E-state index >= 15 is 0 Å². The quantitative estimate of drug-likeness (QED) is 0.00751. The summed E-state index contributed by atoms with van der Waals surface area (Å²) >= 11 is 0. The van der Waals surface area contributed by atoms with E-state index in [1.807, 2.05) is 62.4 Å². The number of carboxylic acid groups (broad SMARTS) is 3. The van der Waals surface area contributed by atoms with Crippen LogP contribution < -0.4 is 26.6 Å². The van der Waals surface area contributed by atoms with Crippen molar-refractivity contribution in [3.05, 3.63) is 112 Å². The van der Waals surface area contributed by atoms with E-state index in [9.17, 15) is 89.9 Å². The summed E-state index contributed by atoms with van der Waals surface area (Å²) in [7, 11) is 10.7. The lowest BCUT2D eigenvalue weighted by Crippen LogP contribution is -2.49. The van der Waals surface area contributed by atoms with Gasteiger partial charge in [0.25, 0.3) is 17.7 Å². The average Bonchev–Trinajstić information content (AvgIpc) is 1.61. The van der Waals surface area contributed by atoms with Crippen LogP contribution in [0.2, 0.25) is 0 Å². The first kappa shape index (κ1) is 161. The standard InChI is InChI=1S/C22H33N3O7.C18H17NO5.C14H20N2O6.C13H18N2O6.C10H18O4.C5H10O2.C4H8O2.C2HF3O.CH4O.11CH4/c1-12(2)7-15(19(27)22(5)11-31-22)23-20(28)13(3)8-18(26)17(10-30-6)24-21(29)16-9-14(4)32-25-16;20-9-16(17(21)22)19-18(23)24-10-15-13-7-3-1-5-11(13)12-6-2-4-8-14(12)15;1-8(14(19)21-4)5-12(17)11(7-20-3)15-13(18)10-6-9(2)22-16-10;1-7(13(18)19)4-11(16)10(6-20-3)14-12(17)9-5-8(2)21-15-9;1-7(10(12)14-4)5-9(11)8(2)6-13-3;1-4(2)5(6)7-3;1-3(2)4(5)6;3-2(4,5)1-6;1-2;;;;;;;;;;;/h9,12-13,15,17H,7-8,10-11H2,1-6H3,(H,23,28)(H,24,29);1-8,15-16,20H,9-10H2,(H,19,23)(H,21,22);6,8,11H,5,7H2,1-4H3,(H,15,18);5,7,10H,4,6H2,1-3H3,(H,14,17)(H,18,19);7-8H,5-6H2,1-4H3;4H,1-3H3;3H,1-2H3,(H,5,6);1H;2H,1H3;11*1H4/t13-,15+,17+,22-;16-;8-,11+;7-,10+;7-,8+;;;;;;;;;;;;;;;/m10111.............../s1. The van der Waals surface area contributed by atoms with E-state index in [1.165, 1.54) is 67.8 Å². The maximum Gasteiger partial charge on any atom is 0.446 e. The monoisotopic (exact) mass is 2090 g/mol. The number of aldehydes is 1. The van der Waals surface area contributed by atoms with Crippen molar-refractivity contribution >= 4 is 101 Å². The third-order valence-electron chi connectivity index (χ3n) is 18.6. The Morgan fingerprint density at radius 3 is 1.01 bits per heavy atom. The molecule has 0 radical (unpaired) electrons. The maximum absolute atomic E-state index is 12.8. The highest BCUT2D eigenvalue weighted by Crippen LogP contribution is 2.44. The second-order valence-electron chi connectivity index (χ2n) is 31.4. The van der Waals surface area contributed by atoms with Crippen LogP contribution in [0.1, 0.15) is 263 Å². The van der Waals surface area contributed by atoms with Gasteiger partial charge in [-0.15, -0.1) is 0 Å². The van der Waals surface area contributed by atoms with Crippen LogP contribution in [-0.4, -0.2) is 287 Å². The lowest BCUT2D eigenvalue weighted by molar-refractivity contribution is -0.156. The van der Waals surface area contributed by atoms with Crippen LogP contribution in [0.15, 0.2) is 80.3 Å². The molecule has 0 bridgehead atoms. The number of esters is 3. The van der Waals surface area contributed by atoms with Gasteiger partial charge >= 0.3 is 48.1 Å². The molecule has 1 saturated heterocycles. The van der Waals surface area contributed by atoms with E-state index in [1.54, 1.807) is 90.2 Å². The number of aromatic nitrogens is 3. The molecule has 11 atom stereocenters. The molecule has 3 aromatic heterocycles. The maximum atomic E-state index is 12.8. The molecule has 0 spiro atoms. The highest BCUT2D eigenvalue weighted by atomic mass is 19.4. The molecule has 2 aromatic carbocycles. The molecule has 4 heterocycles. The summed E-state index contributed by atoms with van der Waals surface area (Å²) in [6.45, 7) is 25.5. The molecule has 0 saturated carbocycles. The van der Waals surface area contributed by atoms with Crippen molar-refractivity contribution in [3.8, 4) is 11.1 Å². The average molecular weight is 2090 g/mol. The molecule has 5 aromatic rings. The largest absolute Gasteiger partial charge is 0.481 e. The number of hydrogen-bond acceptors (Lipinski definition) is 34. The number of aliphatic carboxylic acids is 3. The molecule has 1 aliphatic carbocycles. The first-order valence-electron chi connectivity index (χ1n) is 41.6. The number of hydrogen-bond donors (Lipinski definition) is 10. The summed E-state index contributed by atoms with van der Waals surface area (Å²) < 4.78 is 89.4. The van der Waals surface area contributed by atoms with Crippen LogP contribution in [0.25, 0.3) is 11.1 Å². The third kappa shape index (κ3) is 62.8. The van der Waals surface area contributed by atoms with Crippen LogP contribution in [-0.2, 0) is 105 Å². The molecule has 5 amide bonds. The number of carbonyl (C=O) groups is 17. The fourth-order valence-electron chi connectivity index (χ4n) is 11.0. The number of nitrogens with zero attached hydrogens (tertiary/aromatic N) is 3. The van der Waals surface area contributed by atoms with Gasteiger partial charge in [-0.2, -0.15) is 13.2 Å². The predicted molar refractivity (Wildman–Crippen MR) is 542 cm³/mol. The Morgan fingerprint density at radius 1 is 0.441 bits per heavy atom. The number of methoxy groups -OCH3 is 7. The van der Waals surface area contributed by atoms with Crippen LogP contribution in [0.5, 0.6) is 0 Å². The van der Waals surface area contributed by atoms with Gasteiger partial charge in [0.05, 0.1) is 96.6 Å². The Bertz CT molecular complexity index is 4520. The summed E-state index contributed by atoms with van der Waals surface area (Å²) in [5.41, 5.74) is 3.70. The molecular weight excluding hydrogens is 1910 g/mol. The van der Waals surface area contributed by atoms with E-state index in [0.717, 1.165) is 29.4 Å². The Morgan fingerprint density at radius 2 is 0.759 bits per heavy atom. The number of aliphatic hydroxyl groups excluding tert-OH is 2. The number of carbonyl (C=O) groups excluding carboxylic acids is 14. The minimum absolute atomic E-state index is 0. The molecule has 10 N–H and O–H groups in total. The fraction of sp³-hybridized carbons (Fsp3) is 0.620. The van der Waals surface area contributed by atoms with E-state index in [4.69, 9.17) is 72.3 Å². The van der Waals surface area contributed by atoms with E-state index in [-0.39, 0.29) is 221 Å². The molecule has 42 nitrogen and oxygen atoms in total. The summed E-state index contributed by atoms with van der Waals surface area (Å²) in [6.07, 6.45) is -6.25. The first-order valence-corrected chi connectivity index (χ1v) is 41.6. The lowest BCUT2D eigenvalue weighted by atomic mass is 9.92. The number of alkyl halides is 3. The van der Waals surface area contributed by atoms with Crippen LogP contribution in [0.3, 0.4) is 0 Å². The molecule has 1 fully saturated rings. The van der Waals surface area contributed by atoms with Crippen LogP contribution >= 0.6 is 0 Å². The van der Waals surface area contributed by atoms with Gasteiger partial charge in [0.2, 0.25) is 12.2 Å². The minimum Gasteiger partial charge on any atom is -0.481 e. The summed E-state index contributed by atoms with van der Waals surface area (Å²) in [5.74, 6) is -8.83. The number of epoxide rings is 1. The number of Topliss-reactive ketones (excluding diaryl/α,β-unsaturated/α-hetero) is 5. The SMILES string of the molecule is C.C.C.C.C.C.C.C.C.C.C.CC(C)C(=O)O.CO.COC(=O)C(C)C.COC[C@H](C)C(=O)C[C@@H](C)C(=O)OC.COC[C@H](NC(=O)c1cc(C)on1)C(=O)C[C@@H](C)C(=O)N[C@@H](CC(C)C)C(=O)[C@@]1(C)CO1.COC[C@H](NC(=O)c1cc(C)on1)C(=O)C[C@@H](C)C(=O)O.COC[C@H](NC(=O)c1cc(C)on1)C(=O)C[C@@H](C)C(=O)OC.O=C(N[C@@H](CO)C(=O)O)OCC1c2ccccc2-c2ccccc21.O=CC(F)(F)F. The Kier molecular flexibility index (Phi) is 92.8. The number of halogens is 3. The number of benzene rings is 2. The molecule has 1 aliphatic heterocycles. The van der Waals surface area contributed by atoms with Gasteiger partial charge in [0, 0.05) is 97.2 Å². The van der Waals surface area contributed by atoms with Gasteiger partial charge in [0.15, 0.2) is 46.3 Å². The van der Waals surface area contributed by atoms with Crippen molar-refractivity contribution < 1.29 is 176 Å². The number of alkyl carbamates (subject to hydrolysis) is 1. The van der Waals surface area contributed by atoms with Gasteiger partial charge in [-0.05, 0) is 62.3 Å². The highest BCUT2D eigenvalue weighted by molar-refractivity contribution is 6.01. The first-order chi connectivity index (χ1) is 62.7. The molecule has 838 valence electrons. The number of nitrogens with one attached hydrogen (secondary N) is 5. The lowest BCUT2D eigenvalue weighted by Gasteiger charge is -2.24. The molecule has 45 heteroatoms. The number of carboxylic acids is 3. The van der Waals surface area contributed by atoms with Crippen molar-refractivity contribution in [3.63, 3.8) is 0 Å². The smallest absolute Gasteiger partial charge is 0.446 e. The van der Waals surface area contributed by atoms with E-state index in [2.05, 4.69) is 56.3 Å². The number of fused-ring (bicyclic) bond motifs is 3. The van der Waals surface area contributed by atoms with E-state index in [0.29, 0.717) is 36.9 Å². The zero-order valence-electron chi connectivity index (χ0n) is 79.5. The third-order valence-corrected chi connectivity index (χ3v) is 18.6. The second kappa shape index (κ2) is 83.8. The van der Waals surface area contributed by atoms with Crippen molar-refractivity contribution in [2.75, 3.05) is 103 Å². The van der Waals surface area contributed by atoms with Crippen molar-refractivity contribution in [2.45, 2.75) is 266 Å². The number of ketones is 5. The number of rotatable bonds is 42. The second-order valence-corrected chi connectivity index (χ2v) is 31.4. The molecule has 0 unspecified atom stereocenters. The number of ether oxygens (including phenoxy) is 9. The summed E-state index contributed by atoms with van der Waals surface area (Å²) in [5, 5.41) is 64.8. The van der Waals surface area contributed by atoms with E-state index < -0.39 is 132 Å². The Labute approximate surface area is 854 Å². The minimum atomic E-state index is -4.64. The number of aryl methyl sites for hydroxylation is 3. The van der Waals surface area contributed by atoms with Gasteiger partial charge in [-0.25, -0.2) is 9.59 Å². The molecule has 7 rings (SSSR count). The highest BCUT2D eigenvalue weighted by Gasteiger charge is 2.50. The van der Waals surface area contributed by atoms with Gasteiger partial charge in [0.1, 0.15) is 53.4 Å². The van der Waals surface area contributed by atoms with Crippen LogP contribution in [0.4, 0.5) is 18.0 Å². The number of amides is 5. The molecule has 2 aliphatic rings. The zero-order chi connectivity index (χ0) is 103. The topological polar surface area (TPSA) is 616 Å². The Hall–Kier alpha value is -12.4.